The molecule has 0 spiro atoms. The number of hydrogen-bond donors (Lipinski definition) is 2. The summed E-state index contributed by atoms with van der Waals surface area (Å²) in [5, 5.41) is 7.59. The Kier molecular flexibility index (Phi) is 5.66. The standard InChI is InChI=1S/C18H26N4OS/c1-3-4-9-15(23)19-10-11-20-17-16-13-7-5-6-8-14(13)24-18(16)22-12(2)21-17/h3-11H2,1-2H3,(H,19,23)(H,20,21,22). The molecule has 0 saturated heterocycles. The number of nitrogens with zero attached hydrogens (tertiary/aromatic N) is 2. The van der Waals surface area contributed by atoms with Gasteiger partial charge in [0.25, 0.3) is 0 Å². The summed E-state index contributed by atoms with van der Waals surface area (Å²) >= 11 is 1.82. The third-order valence-corrected chi connectivity index (χ3v) is 5.61. The van der Waals surface area contributed by atoms with E-state index in [4.69, 9.17) is 0 Å². The number of rotatable bonds is 7. The molecular weight excluding hydrogens is 320 g/mol. The number of thiophene rings is 1. The number of carbonyl (C=O) groups excluding carboxylic acids is 1. The van der Waals surface area contributed by atoms with Gasteiger partial charge in [-0.2, -0.15) is 0 Å². The van der Waals surface area contributed by atoms with Crippen LogP contribution in [0, 0.1) is 6.92 Å². The molecule has 2 aromatic heterocycles. The first-order valence-corrected chi connectivity index (χ1v) is 9.80. The van der Waals surface area contributed by atoms with Gasteiger partial charge in [-0.1, -0.05) is 13.3 Å². The van der Waals surface area contributed by atoms with E-state index in [-0.39, 0.29) is 5.91 Å². The highest BCUT2D eigenvalue weighted by Gasteiger charge is 2.20. The van der Waals surface area contributed by atoms with E-state index in [9.17, 15) is 4.79 Å². The predicted octanol–water partition coefficient (Wildman–Crippen LogP) is 3.60. The minimum absolute atomic E-state index is 0.135. The number of aryl methyl sites for hydroxylation is 3. The third kappa shape index (κ3) is 3.86. The largest absolute Gasteiger partial charge is 0.368 e. The molecule has 0 fully saturated rings. The maximum atomic E-state index is 11.7. The number of amides is 1. The summed E-state index contributed by atoms with van der Waals surface area (Å²) in [7, 11) is 0. The van der Waals surface area contributed by atoms with E-state index in [1.807, 2.05) is 18.3 Å². The van der Waals surface area contributed by atoms with Crippen LogP contribution in [0.25, 0.3) is 10.2 Å². The van der Waals surface area contributed by atoms with E-state index in [1.165, 1.54) is 35.1 Å². The Labute approximate surface area is 147 Å². The second-order valence-electron chi connectivity index (χ2n) is 6.39. The summed E-state index contributed by atoms with van der Waals surface area (Å²) in [4.78, 5) is 23.5. The molecule has 0 atom stereocenters. The van der Waals surface area contributed by atoms with E-state index in [2.05, 4.69) is 27.5 Å². The van der Waals surface area contributed by atoms with Crippen LogP contribution >= 0.6 is 11.3 Å². The third-order valence-electron chi connectivity index (χ3n) is 4.42. The number of hydrogen-bond acceptors (Lipinski definition) is 5. The Balaban J connectivity index is 1.68. The van der Waals surface area contributed by atoms with Gasteiger partial charge in [0.15, 0.2) is 0 Å². The van der Waals surface area contributed by atoms with Crippen LogP contribution < -0.4 is 10.6 Å². The molecule has 1 aliphatic rings. The van der Waals surface area contributed by atoms with Crippen molar-refractivity contribution in [3.05, 3.63) is 16.3 Å². The molecule has 0 unspecified atom stereocenters. The van der Waals surface area contributed by atoms with Crippen molar-refractivity contribution >= 4 is 33.3 Å². The number of carbonyl (C=O) groups is 1. The van der Waals surface area contributed by atoms with Crippen molar-refractivity contribution in [1.82, 2.24) is 15.3 Å². The highest BCUT2D eigenvalue weighted by molar-refractivity contribution is 7.19. The van der Waals surface area contributed by atoms with Crippen molar-refractivity contribution in [2.24, 2.45) is 0 Å². The fraction of sp³-hybridized carbons (Fsp3) is 0.611. The minimum Gasteiger partial charge on any atom is -0.368 e. The van der Waals surface area contributed by atoms with Crippen molar-refractivity contribution in [2.75, 3.05) is 18.4 Å². The minimum atomic E-state index is 0.135. The van der Waals surface area contributed by atoms with Crippen LogP contribution in [0.4, 0.5) is 5.82 Å². The van der Waals surface area contributed by atoms with Crippen molar-refractivity contribution in [2.45, 2.75) is 58.8 Å². The summed E-state index contributed by atoms with van der Waals surface area (Å²) in [5.74, 6) is 1.87. The van der Waals surface area contributed by atoms with E-state index in [1.54, 1.807) is 0 Å². The molecule has 6 heteroatoms. The lowest BCUT2D eigenvalue weighted by atomic mass is 9.97. The van der Waals surface area contributed by atoms with Crippen molar-refractivity contribution < 1.29 is 4.79 Å². The fourth-order valence-electron chi connectivity index (χ4n) is 3.20. The Hall–Kier alpha value is -1.69. The molecule has 2 heterocycles. The topological polar surface area (TPSA) is 66.9 Å². The molecule has 3 rings (SSSR count). The number of unbranched alkanes of at least 4 members (excludes halogenated alkanes) is 1. The lowest BCUT2D eigenvalue weighted by molar-refractivity contribution is -0.121. The molecule has 2 aromatic rings. The highest BCUT2D eigenvalue weighted by atomic mass is 32.1. The monoisotopic (exact) mass is 346 g/mol. The normalized spacial score (nSPS) is 13.8. The van der Waals surface area contributed by atoms with Crippen LogP contribution in [0.5, 0.6) is 0 Å². The summed E-state index contributed by atoms with van der Waals surface area (Å²) in [5.41, 5.74) is 1.44. The number of nitrogens with one attached hydrogen (secondary N) is 2. The van der Waals surface area contributed by atoms with E-state index >= 15 is 0 Å². The van der Waals surface area contributed by atoms with Gasteiger partial charge in [0.2, 0.25) is 5.91 Å². The summed E-state index contributed by atoms with van der Waals surface area (Å²) < 4.78 is 0. The SMILES string of the molecule is CCCCC(=O)NCCNc1nc(C)nc2sc3c(c12)CCCC3. The maximum absolute atomic E-state index is 11.7. The van der Waals surface area contributed by atoms with Crippen LogP contribution in [0.2, 0.25) is 0 Å². The zero-order valence-electron chi connectivity index (χ0n) is 14.6. The number of fused-ring (bicyclic) bond motifs is 3. The lowest BCUT2D eigenvalue weighted by Crippen LogP contribution is -2.28. The highest BCUT2D eigenvalue weighted by Crippen LogP contribution is 2.38. The smallest absolute Gasteiger partial charge is 0.220 e. The van der Waals surface area contributed by atoms with E-state index < -0.39 is 0 Å². The molecule has 0 radical (unpaired) electrons. The first-order valence-electron chi connectivity index (χ1n) is 8.98. The molecule has 0 aliphatic heterocycles. The summed E-state index contributed by atoms with van der Waals surface area (Å²) in [6.07, 6.45) is 7.44. The molecule has 0 bridgehead atoms. The molecule has 0 aromatic carbocycles. The van der Waals surface area contributed by atoms with Crippen molar-refractivity contribution in [3.8, 4) is 0 Å². The average molecular weight is 347 g/mol. The van der Waals surface area contributed by atoms with Gasteiger partial charge in [-0.25, -0.2) is 9.97 Å². The molecule has 5 nitrogen and oxygen atoms in total. The molecule has 130 valence electrons. The van der Waals surface area contributed by atoms with Crippen LogP contribution in [-0.2, 0) is 17.6 Å². The molecule has 2 N–H and O–H groups in total. The number of anilines is 1. The zero-order valence-corrected chi connectivity index (χ0v) is 15.4. The quantitative estimate of drug-likeness (QED) is 0.752. The Morgan fingerprint density at radius 3 is 2.88 bits per heavy atom. The van der Waals surface area contributed by atoms with Gasteiger partial charge in [-0.3, -0.25) is 4.79 Å². The first kappa shape index (κ1) is 17.1. The Bertz CT molecular complexity index is 725. The van der Waals surface area contributed by atoms with Gasteiger partial charge < -0.3 is 10.6 Å². The van der Waals surface area contributed by atoms with Gasteiger partial charge in [0.05, 0.1) is 5.39 Å². The van der Waals surface area contributed by atoms with Crippen LogP contribution in [0.1, 0.15) is 55.3 Å². The predicted molar refractivity (Wildman–Crippen MR) is 99.8 cm³/mol. The second-order valence-corrected chi connectivity index (χ2v) is 7.47. The van der Waals surface area contributed by atoms with Crippen LogP contribution in [0.3, 0.4) is 0 Å². The molecule has 24 heavy (non-hydrogen) atoms. The molecular formula is C18H26N4OS. The maximum Gasteiger partial charge on any atom is 0.220 e. The van der Waals surface area contributed by atoms with Gasteiger partial charge in [-0.05, 0) is 44.6 Å². The Morgan fingerprint density at radius 1 is 1.21 bits per heavy atom. The van der Waals surface area contributed by atoms with Gasteiger partial charge in [-0.15, -0.1) is 11.3 Å². The van der Waals surface area contributed by atoms with E-state index in [0.29, 0.717) is 19.5 Å². The van der Waals surface area contributed by atoms with E-state index in [0.717, 1.165) is 35.7 Å². The second kappa shape index (κ2) is 7.92. The van der Waals surface area contributed by atoms with Crippen LogP contribution in [-0.4, -0.2) is 29.0 Å². The van der Waals surface area contributed by atoms with Crippen molar-refractivity contribution in [3.63, 3.8) is 0 Å². The van der Waals surface area contributed by atoms with Crippen molar-refractivity contribution in [1.29, 1.82) is 0 Å². The number of aromatic nitrogens is 2. The van der Waals surface area contributed by atoms with Gasteiger partial charge in [0.1, 0.15) is 16.5 Å². The summed E-state index contributed by atoms with van der Waals surface area (Å²) in [6.45, 7) is 5.35. The van der Waals surface area contributed by atoms with Gasteiger partial charge in [0, 0.05) is 24.4 Å². The average Bonchev–Trinajstić information content (AvgIpc) is 2.94. The van der Waals surface area contributed by atoms with Gasteiger partial charge >= 0.3 is 0 Å². The lowest BCUT2D eigenvalue weighted by Gasteiger charge is -2.13. The molecule has 0 saturated carbocycles. The zero-order chi connectivity index (χ0) is 16.9. The van der Waals surface area contributed by atoms with Crippen LogP contribution in [0.15, 0.2) is 0 Å². The molecule has 1 amide bonds. The first-order chi connectivity index (χ1) is 11.7. The Morgan fingerprint density at radius 2 is 2.04 bits per heavy atom. The fourth-order valence-corrected chi connectivity index (χ4v) is 4.51. The summed E-state index contributed by atoms with van der Waals surface area (Å²) in [6, 6.07) is 0. The molecule has 1 aliphatic carbocycles.